The molecular weight excluding hydrogens is 266 g/mol. The normalized spacial score (nSPS) is 11.4. The molecule has 16 heavy (non-hydrogen) atoms. The molecule has 0 aliphatic heterocycles. The highest BCUT2D eigenvalue weighted by Gasteiger charge is 2.04. The minimum atomic E-state index is 0.469. The molecule has 2 heterocycles. The van der Waals surface area contributed by atoms with Gasteiger partial charge in [-0.05, 0) is 29.7 Å². The van der Waals surface area contributed by atoms with E-state index in [1.54, 1.807) is 0 Å². The maximum absolute atomic E-state index is 5.60. The van der Waals surface area contributed by atoms with E-state index >= 15 is 0 Å². The van der Waals surface area contributed by atoms with Gasteiger partial charge in [-0.2, -0.15) is 0 Å². The van der Waals surface area contributed by atoms with Gasteiger partial charge in [0.2, 0.25) is 0 Å². The van der Waals surface area contributed by atoms with Crippen LogP contribution in [-0.4, -0.2) is 9.38 Å². The van der Waals surface area contributed by atoms with Gasteiger partial charge in [-0.25, -0.2) is 4.98 Å². The van der Waals surface area contributed by atoms with Crippen LogP contribution in [0, 0.1) is 0 Å². The van der Waals surface area contributed by atoms with Gasteiger partial charge in [0.05, 0.1) is 11.2 Å². The number of nitrogens with zero attached hydrogens (tertiary/aromatic N) is 2. The fourth-order valence-electron chi connectivity index (χ4n) is 1.88. The summed E-state index contributed by atoms with van der Waals surface area (Å²) in [6, 6.07) is 10.3. The van der Waals surface area contributed by atoms with Crippen molar-refractivity contribution in [1.82, 2.24) is 9.38 Å². The fraction of sp³-hybridized carbons (Fsp3) is 0.0833. The number of halogens is 1. The molecule has 0 atom stereocenters. The topological polar surface area (TPSA) is 43.3 Å². The molecule has 3 nitrogen and oxygen atoms in total. The predicted octanol–water partition coefficient (Wildman–Crippen LogP) is 2.71. The standard InChI is InChI=1S/C12H10BrN3/c13-9-3-1-8-2-4-12-15-10(6-14)7-16(12)11(8)5-9/h1-5,7H,6,14H2. The summed E-state index contributed by atoms with van der Waals surface area (Å²) in [5.74, 6) is 0. The third-order valence-corrected chi connectivity index (χ3v) is 3.15. The van der Waals surface area contributed by atoms with Crippen molar-refractivity contribution in [2.75, 3.05) is 0 Å². The maximum atomic E-state index is 5.60. The van der Waals surface area contributed by atoms with E-state index in [1.165, 1.54) is 5.39 Å². The number of aromatic nitrogens is 2. The Bertz CT molecular complexity index is 672. The molecule has 3 aromatic rings. The lowest BCUT2D eigenvalue weighted by molar-refractivity contribution is 1.02. The van der Waals surface area contributed by atoms with Gasteiger partial charge in [0.1, 0.15) is 5.65 Å². The molecule has 0 bridgehead atoms. The van der Waals surface area contributed by atoms with Crippen LogP contribution in [0.2, 0.25) is 0 Å². The van der Waals surface area contributed by atoms with E-state index in [4.69, 9.17) is 5.73 Å². The van der Waals surface area contributed by atoms with Crippen LogP contribution in [0.5, 0.6) is 0 Å². The van der Waals surface area contributed by atoms with Crippen molar-refractivity contribution in [1.29, 1.82) is 0 Å². The third-order valence-electron chi connectivity index (χ3n) is 2.66. The third kappa shape index (κ3) is 1.42. The van der Waals surface area contributed by atoms with Crippen molar-refractivity contribution < 1.29 is 0 Å². The average Bonchev–Trinajstić information content (AvgIpc) is 2.72. The Morgan fingerprint density at radius 2 is 2.06 bits per heavy atom. The number of imidazole rings is 1. The van der Waals surface area contributed by atoms with Crippen LogP contribution in [0.3, 0.4) is 0 Å². The molecule has 0 unspecified atom stereocenters. The van der Waals surface area contributed by atoms with Crippen LogP contribution in [0.4, 0.5) is 0 Å². The van der Waals surface area contributed by atoms with Gasteiger partial charge in [-0.15, -0.1) is 0 Å². The second-order valence-corrected chi connectivity index (χ2v) is 4.62. The van der Waals surface area contributed by atoms with E-state index in [-0.39, 0.29) is 0 Å². The van der Waals surface area contributed by atoms with Crippen LogP contribution >= 0.6 is 15.9 Å². The summed E-state index contributed by atoms with van der Waals surface area (Å²) in [5, 5.41) is 1.19. The molecule has 0 aliphatic rings. The quantitative estimate of drug-likeness (QED) is 0.742. The Morgan fingerprint density at radius 1 is 1.25 bits per heavy atom. The Hall–Kier alpha value is -1.39. The molecule has 0 radical (unpaired) electrons. The first-order chi connectivity index (χ1) is 7.78. The number of nitrogens with two attached hydrogens (primary N) is 1. The number of hydrogen-bond donors (Lipinski definition) is 1. The zero-order chi connectivity index (χ0) is 11.1. The van der Waals surface area contributed by atoms with Crippen LogP contribution in [0.1, 0.15) is 5.69 Å². The lowest BCUT2D eigenvalue weighted by Gasteiger charge is -2.01. The molecule has 80 valence electrons. The molecule has 3 rings (SSSR count). The van der Waals surface area contributed by atoms with E-state index in [1.807, 2.05) is 18.3 Å². The zero-order valence-corrected chi connectivity index (χ0v) is 10.1. The van der Waals surface area contributed by atoms with E-state index in [0.717, 1.165) is 21.3 Å². The van der Waals surface area contributed by atoms with Gasteiger partial charge in [-0.3, -0.25) is 4.40 Å². The summed E-state index contributed by atoms with van der Waals surface area (Å²) < 4.78 is 3.14. The first-order valence-corrected chi connectivity index (χ1v) is 5.83. The van der Waals surface area contributed by atoms with E-state index < -0.39 is 0 Å². The van der Waals surface area contributed by atoms with Crippen molar-refractivity contribution in [3.63, 3.8) is 0 Å². The molecule has 4 heteroatoms. The summed E-state index contributed by atoms with van der Waals surface area (Å²) in [6.07, 6.45) is 1.99. The first-order valence-electron chi connectivity index (χ1n) is 5.04. The second kappa shape index (κ2) is 3.57. The Kier molecular flexibility index (Phi) is 2.19. The van der Waals surface area contributed by atoms with Crippen LogP contribution < -0.4 is 5.73 Å². The van der Waals surface area contributed by atoms with Crippen LogP contribution in [0.15, 0.2) is 41.0 Å². The Labute approximate surface area is 101 Å². The molecule has 0 spiro atoms. The van der Waals surface area contributed by atoms with Gasteiger partial charge >= 0.3 is 0 Å². The lowest BCUT2D eigenvalue weighted by Crippen LogP contribution is -1.95. The maximum Gasteiger partial charge on any atom is 0.137 e. The van der Waals surface area contributed by atoms with E-state index in [2.05, 4.69) is 43.5 Å². The summed E-state index contributed by atoms with van der Waals surface area (Å²) in [6.45, 7) is 0.469. The van der Waals surface area contributed by atoms with Crippen molar-refractivity contribution in [3.8, 4) is 0 Å². The summed E-state index contributed by atoms with van der Waals surface area (Å²) in [5.41, 5.74) is 8.59. The monoisotopic (exact) mass is 275 g/mol. The molecule has 0 aliphatic carbocycles. The smallest absolute Gasteiger partial charge is 0.137 e. The highest BCUT2D eigenvalue weighted by Crippen LogP contribution is 2.21. The van der Waals surface area contributed by atoms with E-state index in [9.17, 15) is 0 Å². The van der Waals surface area contributed by atoms with Gasteiger partial charge < -0.3 is 5.73 Å². The van der Waals surface area contributed by atoms with Gasteiger partial charge in [0.15, 0.2) is 0 Å². The zero-order valence-electron chi connectivity index (χ0n) is 8.52. The number of fused-ring (bicyclic) bond motifs is 3. The van der Waals surface area contributed by atoms with Crippen molar-refractivity contribution in [2.24, 2.45) is 5.73 Å². The van der Waals surface area contributed by atoms with Crippen LogP contribution in [-0.2, 0) is 6.54 Å². The van der Waals surface area contributed by atoms with Gasteiger partial charge in [0, 0.05) is 17.2 Å². The molecule has 2 N–H and O–H groups in total. The van der Waals surface area contributed by atoms with Crippen molar-refractivity contribution >= 4 is 32.5 Å². The SMILES string of the molecule is NCc1cn2c(ccc3ccc(Br)cc32)n1. The Morgan fingerprint density at radius 3 is 2.88 bits per heavy atom. The molecule has 0 fully saturated rings. The van der Waals surface area contributed by atoms with Gasteiger partial charge in [-0.1, -0.05) is 22.0 Å². The minimum absolute atomic E-state index is 0.469. The first kappa shape index (κ1) is 9.81. The van der Waals surface area contributed by atoms with Gasteiger partial charge in [0.25, 0.3) is 0 Å². The van der Waals surface area contributed by atoms with Crippen molar-refractivity contribution in [2.45, 2.75) is 6.54 Å². The highest BCUT2D eigenvalue weighted by atomic mass is 79.9. The molecule has 1 aromatic carbocycles. The second-order valence-electron chi connectivity index (χ2n) is 3.70. The number of benzene rings is 1. The van der Waals surface area contributed by atoms with E-state index in [0.29, 0.717) is 6.54 Å². The molecule has 0 saturated carbocycles. The summed E-state index contributed by atoms with van der Waals surface area (Å²) in [7, 11) is 0. The predicted molar refractivity (Wildman–Crippen MR) is 68.3 cm³/mol. The Balaban J connectivity index is 2.46. The van der Waals surface area contributed by atoms with Crippen molar-refractivity contribution in [3.05, 3.63) is 46.7 Å². The summed E-state index contributed by atoms with van der Waals surface area (Å²) in [4.78, 5) is 4.43. The molecule has 0 amide bonds. The largest absolute Gasteiger partial charge is 0.325 e. The molecular formula is C12H10BrN3. The number of rotatable bonds is 1. The molecule has 2 aromatic heterocycles. The van der Waals surface area contributed by atoms with Crippen LogP contribution in [0.25, 0.3) is 16.6 Å². The number of hydrogen-bond acceptors (Lipinski definition) is 2. The minimum Gasteiger partial charge on any atom is -0.325 e. The highest BCUT2D eigenvalue weighted by molar-refractivity contribution is 9.10. The number of pyridine rings is 1. The average molecular weight is 276 g/mol. The molecule has 0 saturated heterocycles. The summed E-state index contributed by atoms with van der Waals surface area (Å²) >= 11 is 3.48. The fourth-order valence-corrected chi connectivity index (χ4v) is 2.23. The lowest BCUT2D eigenvalue weighted by atomic mass is 10.2.